The number of piperidine rings is 1. The first-order chi connectivity index (χ1) is 6.27. The Morgan fingerprint density at radius 2 is 1.77 bits per heavy atom. The molecule has 0 amide bonds. The van der Waals surface area contributed by atoms with Gasteiger partial charge in [0.1, 0.15) is 0 Å². The second-order valence-corrected chi connectivity index (χ2v) is 4.74. The molecule has 0 bridgehead atoms. The van der Waals surface area contributed by atoms with Crippen molar-refractivity contribution in [1.29, 1.82) is 0 Å². The molecule has 2 rings (SSSR count). The minimum absolute atomic E-state index is 0.0204. The maximum Gasteiger partial charge on any atom is 0.0564 e. The fourth-order valence-corrected chi connectivity index (χ4v) is 2.89. The van der Waals surface area contributed by atoms with Crippen LogP contribution in [0.4, 0.5) is 0 Å². The van der Waals surface area contributed by atoms with E-state index in [1.54, 1.807) is 0 Å². The van der Waals surface area contributed by atoms with Crippen LogP contribution in [0, 0.1) is 5.92 Å². The Labute approximate surface area is 80.9 Å². The molecule has 13 heavy (non-hydrogen) atoms. The van der Waals surface area contributed by atoms with E-state index >= 15 is 0 Å². The lowest BCUT2D eigenvalue weighted by atomic mass is 10.00. The van der Waals surface area contributed by atoms with Crippen LogP contribution < -0.4 is 0 Å². The van der Waals surface area contributed by atoms with Gasteiger partial charge in [-0.3, -0.25) is 4.90 Å². The molecule has 2 nitrogen and oxygen atoms in total. The lowest BCUT2D eigenvalue weighted by molar-refractivity contribution is 0.0525. The van der Waals surface area contributed by atoms with Crippen LogP contribution in [0.1, 0.15) is 39.0 Å². The van der Waals surface area contributed by atoms with Crippen molar-refractivity contribution >= 4 is 0 Å². The summed E-state index contributed by atoms with van der Waals surface area (Å²) in [4.78, 5) is 2.60. The number of hydrogen-bond acceptors (Lipinski definition) is 2. The molecule has 1 saturated carbocycles. The van der Waals surface area contributed by atoms with Gasteiger partial charge in [-0.2, -0.15) is 0 Å². The van der Waals surface area contributed by atoms with E-state index in [1.165, 1.54) is 19.3 Å². The molecule has 0 aromatic heterocycles. The van der Waals surface area contributed by atoms with Crippen LogP contribution in [0.3, 0.4) is 0 Å². The highest BCUT2D eigenvalue weighted by Gasteiger charge is 2.30. The average molecular weight is 183 g/mol. The SMILES string of the molecule is CC1CCCC1N1CCC(O)CC1. The summed E-state index contributed by atoms with van der Waals surface area (Å²) in [6.45, 7) is 4.62. The molecule has 1 aliphatic heterocycles. The molecule has 0 aromatic rings. The van der Waals surface area contributed by atoms with Crippen molar-refractivity contribution in [3.63, 3.8) is 0 Å². The minimum Gasteiger partial charge on any atom is -0.393 e. The number of rotatable bonds is 1. The van der Waals surface area contributed by atoms with E-state index < -0.39 is 0 Å². The van der Waals surface area contributed by atoms with Crippen LogP contribution in [0.5, 0.6) is 0 Å². The number of hydrogen-bond donors (Lipinski definition) is 1. The Balaban J connectivity index is 1.86. The van der Waals surface area contributed by atoms with Crippen molar-refractivity contribution in [1.82, 2.24) is 4.90 Å². The Morgan fingerprint density at radius 1 is 1.08 bits per heavy atom. The molecular weight excluding hydrogens is 162 g/mol. The Kier molecular flexibility index (Phi) is 2.89. The lowest BCUT2D eigenvalue weighted by Crippen LogP contribution is -2.43. The van der Waals surface area contributed by atoms with Crippen LogP contribution in [0.2, 0.25) is 0 Å². The maximum absolute atomic E-state index is 9.41. The molecule has 2 unspecified atom stereocenters. The molecular formula is C11H21NO. The van der Waals surface area contributed by atoms with Crippen molar-refractivity contribution in [2.75, 3.05) is 13.1 Å². The monoisotopic (exact) mass is 183 g/mol. The Morgan fingerprint density at radius 3 is 2.31 bits per heavy atom. The molecule has 2 aliphatic rings. The number of aliphatic hydroxyl groups is 1. The van der Waals surface area contributed by atoms with Crippen molar-refractivity contribution in [2.24, 2.45) is 5.92 Å². The molecule has 2 fully saturated rings. The van der Waals surface area contributed by atoms with Crippen LogP contribution >= 0.6 is 0 Å². The zero-order valence-electron chi connectivity index (χ0n) is 8.58. The summed E-state index contributed by atoms with van der Waals surface area (Å²) in [5.74, 6) is 0.884. The first-order valence-corrected chi connectivity index (χ1v) is 5.69. The fourth-order valence-electron chi connectivity index (χ4n) is 2.89. The van der Waals surface area contributed by atoms with Crippen molar-refractivity contribution in [2.45, 2.75) is 51.2 Å². The van der Waals surface area contributed by atoms with Crippen LogP contribution in [-0.4, -0.2) is 35.2 Å². The van der Waals surface area contributed by atoms with Crippen LogP contribution in [-0.2, 0) is 0 Å². The van der Waals surface area contributed by atoms with Gasteiger partial charge in [-0.25, -0.2) is 0 Å². The molecule has 1 saturated heterocycles. The molecule has 2 atom stereocenters. The Hall–Kier alpha value is -0.0800. The molecule has 2 heteroatoms. The van der Waals surface area contributed by atoms with E-state index in [9.17, 15) is 5.11 Å². The summed E-state index contributed by atoms with van der Waals surface area (Å²) in [6, 6.07) is 0.826. The predicted molar refractivity (Wildman–Crippen MR) is 53.6 cm³/mol. The first kappa shape index (κ1) is 9.47. The minimum atomic E-state index is -0.0204. The van der Waals surface area contributed by atoms with E-state index in [-0.39, 0.29) is 6.10 Å². The molecule has 0 aromatic carbocycles. The van der Waals surface area contributed by atoms with E-state index in [1.807, 2.05) is 0 Å². The predicted octanol–water partition coefficient (Wildman–Crippen LogP) is 1.63. The summed E-state index contributed by atoms with van der Waals surface area (Å²) in [6.07, 6.45) is 6.16. The third kappa shape index (κ3) is 2.05. The van der Waals surface area contributed by atoms with Gasteiger partial charge in [0, 0.05) is 19.1 Å². The normalized spacial score (nSPS) is 38.3. The molecule has 1 heterocycles. The van der Waals surface area contributed by atoms with Gasteiger partial charge in [-0.15, -0.1) is 0 Å². The smallest absolute Gasteiger partial charge is 0.0564 e. The molecule has 0 spiro atoms. The number of nitrogens with zero attached hydrogens (tertiary/aromatic N) is 1. The number of aliphatic hydroxyl groups excluding tert-OH is 1. The van der Waals surface area contributed by atoms with Crippen molar-refractivity contribution in [3.05, 3.63) is 0 Å². The Bertz CT molecular complexity index is 163. The molecule has 0 radical (unpaired) electrons. The van der Waals surface area contributed by atoms with Gasteiger partial charge in [0.2, 0.25) is 0 Å². The van der Waals surface area contributed by atoms with E-state index in [0.29, 0.717) is 0 Å². The van der Waals surface area contributed by atoms with Gasteiger partial charge in [-0.1, -0.05) is 13.3 Å². The summed E-state index contributed by atoms with van der Waals surface area (Å²) >= 11 is 0. The van der Waals surface area contributed by atoms with Gasteiger partial charge in [0.05, 0.1) is 6.10 Å². The van der Waals surface area contributed by atoms with Crippen molar-refractivity contribution < 1.29 is 5.11 Å². The topological polar surface area (TPSA) is 23.5 Å². The average Bonchev–Trinajstić information content (AvgIpc) is 2.53. The fraction of sp³-hybridized carbons (Fsp3) is 1.00. The maximum atomic E-state index is 9.41. The molecule has 1 N–H and O–H groups in total. The second-order valence-electron chi connectivity index (χ2n) is 4.74. The van der Waals surface area contributed by atoms with E-state index in [2.05, 4.69) is 11.8 Å². The summed E-state index contributed by atoms with van der Waals surface area (Å²) in [5, 5.41) is 9.41. The van der Waals surface area contributed by atoms with Crippen LogP contribution in [0.25, 0.3) is 0 Å². The molecule has 1 aliphatic carbocycles. The first-order valence-electron chi connectivity index (χ1n) is 5.69. The van der Waals surface area contributed by atoms with Gasteiger partial charge < -0.3 is 5.11 Å². The van der Waals surface area contributed by atoms with E-state index in [4.69, 9.17) is 0 Å². The summed E-state index contributed by atoms with van der Waals surface area (Å²) in [5.41, 5.74) is 0. The van der Waals surface area contributed by atoms with E-state index in [0.717, 1.165) is 37.9 Å². The standard InChI is InChI=1S/C11H21NO/c1-9-3-2-4-11(9)12-7-5-10(13)6-8-12/h9-11,13H,2-8H2,1H3. The summed E-state index contributed by atoms with van der Waals surface area (Å²) < 4.78 is 0. The zero-order valence-corrected chi connectivity index (χ0v) is 8.58. The highest BCUT2D eigenvalue weighted by atomic mass is 16.3. The van der Waals surface area contributed by atoms with Gasteiger partial charge >= 0.3 is 0 Å². The highest BCUT2D eigenvalue weighted by molar-refractivity contribution is 4.85. The van der Waals surface area contributed by atoms with Gasteiger partial charge in [-0.05, 0) is 31.6 Å². The molecule has 76 valence electrons. The highest BCUT2D eigenvalue weighted by Crippen LogP contribution is 2.31. The third-order valence-corrected chi connectivity index (χ3v) is 3.78. The van der Waals surface area contributed by atoms with Gasteiger partial charge in [0.25, 0.3) is 0 Å². The van der Waals surface area contributed by atoms with Crippen molar-refractivity contribution in [3.8, 4) is 0 Å². The zero-order chi connectivity index (χ0) is 9.26. The largest absolute Gasteiger partial charge is 0.393 e. The van der Waals surface area contributed by atoms with Crippen LogP contribution in [0.15, 0.2) is 0 Å². The lowest BCUT2D eigenvalue weighted by Gasteiger charge is -2.36. The third-order valence-electron chi connectivity index (χ3n) is 3.78. The quantitative estimate of drug-likeness (QED) is 0.668. The number of likely N-dealkylation sites (tertiary alicyclic amines) is 1. The second kappa shape index (κ2) is 3.97. The summed E-state index contributed by atoms with van der Waals surface area (Å²) in [7, 11) is 0. The van der Waals surface area contributed by atoms with Gasteiger partial charge in [0.15, 0.2) is 0 Å².